The predicted octanol–water partition coefficient (Wildman–Crippen LogP) is 1.98. The molecule has 0 saturated carbocycles. The molecule has 1 aromatic carbocycles. The van der Waals surface area contributed by atoms with Crippen LogP contribution in [-0.2, 0) is 5.54 Å². The van der Waals surface area contributed by atoms with Crippen molar-refractivity contribution in [3.63, 3.8) is 0 Å². The third-order valence-corrected chi connectivity index (χ3v) is 3.99. The highest BCUT2D eigenvalue weighted by Gasteiger charge is 2.19. The summed E-state index contributed by atoms with van der Waals surface area (Å²) in [6.07, 6.45) is 1.56. The van der Waals surface area contributed by atoms with Crippen molar-refractivity contribution in [2.75, 3.05) is 0 Å². The predicted molar refractivity (Wildman–Crippen MR) is 77.5 cm³/mol. The van der Waals surface area contributed by atoms with Crippen molar-refractivity contribution in [1.82, 2.24) is 25.2 Å². The van der Waals surface area contributed by atoms with E-state index in [4.69, 9.17) is 5.73 Å². The standard InChI is InChI=1S/C13H14N6S/c1-13(2,14)12-16-11(7-20-12)9-4-3-5-10(6-9)19-8-15-17-18-19/h3-8H,14H2,1-2H3. The van der Waals surface area contributed by atoms with Crippen LogP contribution >= 0.6 is 11.3 Å². The summed E-state index contributed by atoms with van der Waals surface area (Å²) in [7, 11) is 0. The highest BCUT2D eigenvalue weighted by Crippen LogP contribution is 2.28. The second-order valence-electron chi connectivity index (χ2n) is 5.06. The van der Waals surface area contributed by atoms with E-state index in [9.17, 15) is 0 Å². The monoisotopic (exact) mass is 286 g/mol. The first-order chi connectivity index (χ1) is 9.54. The van der Waals surface area contributed by atoms with Gasteiger partial charge in [0, 0.05) is 10.9 Å². The molecule has 7 heteroatoms. The largest absolute Gasteiger partial charge is 0.320 e. The Morgan fingerprint density at radius 1 is 1.30 bits per heavy atom. The summed E-state index contributed by atoms with van der Waals surface area (Å²) >= 11 is 1.57. The van der Waals surface area contributed by atoms with Crippen molar-refractivity contribution in [1.29, 1.82) is 0 Å². The number of rotatable bonds is 3. The molecule has 0 aliphatic heterocycles. The minimum Gasteiger partial charge on any atom is -0.320 e. The number of tetrazole rings is 1. The minimum absolute atomic E-state index is 0.420. The maximum Gasteiger partial charge on any atom is 0.143 e. The summed E-state index contributed by atoms with van der Waals surface area (Å²) < 4.78 is 1.61. The van der Waals surface area contributed by atoms with Gasteiger partial charge in [0.15, 0.2) is 0 Å². The van der Waals surface area contributed by atoms with Gasteiger partial charge in [-0.25, -0.2) is 9.67 Å². The Labute approximate surface area is 120 Å². The number of aromatic nitrogens is 5. The summed E-state index contributed by atoms with van der Waals surface area (Å²) in [6.45, 7) is 3.90. The van der Waals surface area contributed by atoms with E-state index in [1.165, 1.54) is 0 Å². The first-order valence-electron chi connectivity index (χ1n) is 6.13. The number of nitrogens with two attached hydrogens (primary N) is 1. The Bertz CT molecular complexity index is 711. The number of hydrogen-bond acceptors (Lipinski definition) is 6. The van der Waals surface area contributed by atoms with Gasteiger partial charge in [-0.1, -0.05) is 12.1 Å². The number of hydrogen-bond donors (Lipinski definition) is 1. The van der Waals surface area contributed by atoms with E-state index in [-0.39, 0.29) is 0 Å². The summed E-state index contributed by atoms with van der Waals surface area (Å²) in [4.78, 5) is 4.61. The lowest BCUT2D eigenvalue weighted by atomic mass is 10.1. The molecule has 0 aliphatic carbocycles. The quantitative estimate of drug-likeness (QED) is 0.796. The third kappa shape index (κ3) is 2.45. The normalized spacial score (nSPS) is 11.8. The number of benzene rings is 1. The van der Waals surface area contributed by atoms with Crippen LogP contribution in [0.2, 0.25) is 0 Å². The molecule has 3 rings (SSSR count). The van der Waals surface area contributed by atoms with Gasteiger partial charge in [-0.2, -0.15) is 0 Å². The van der Waals surface area contributed by atoms with Gasteiger partial charge in [0.05, 0.1) is 16.9 Å². The zero-order chi connectivity index (χ0) is 14.2. The second kappa shape index (κ2) is 4.77. The summed E-state index contributed by atoms with van der Waals surface area (Å²) in [6, 6.07) is 7.91. The van der Waals surface area contributed by atoms with Gasteiger partial charge < -0.3 is 5.73 Å². The molecular formula is C13H14N6S. The van der Waals surface area contributed by atoms with Crippen molar-refractivity contribution in [3.05, 3.63) is 41.0 Å². The van der Waals surface area contributed by atoms with Gasteiger partial charge in [-0.3, -0.25) is 0 Å². The van der Waals surface area contributed by atoms with E-state index in [0.717, 1.165) is 22.0 Å². The lowest BCUT2D eigenvalue weighted by Crippen LogP contribution is -2.28. The maximum atomic E-state index is 6.07. The van der Waals surface area contributed by atoms with E-state index >= 15 is 0 Å². The second-order valence-corrected chi connectivity index (χ2v) is 5.92. The molecule has 0 aliphatic rings. The molecule has 2 N–H and O–H groups in total. The highest BCUT2D eigenvalue weighted by molar-refractivity contribution is 7.10. The molecule has 3 aromatic rings. The summed E-state index contributed by atoms with van der Waals surface area (Å²) in [5, 5.41) is 14.1. The molecule has 0 amide bonds. The Hall–Kier alpha value is -2.12. The fourth-order valence-corrected chi connectivity index (χ4v) is 2.66. The number of nitrogens with zero attached hydrogens (tertiary/aromatic N) is 5. The smallest absolute Gasteiger partial charge is 0.143 e. The van der Waals surface area contributed by atoms with Gasteiger partial charge in [0.25, 0.3) is 0 Å². The Kier molecular flexibility index (Phi) is 3.07. The zero-order valence-electron chi connectivity index (χ0n) is 11.2. The van der Waals surface area contributed by atoms with Gasteiger partial charge in [-0.15, -0.1) is 16.4 Å². The summed E-state index contributed by atoms with van der Waals surface area (Å²) in [5.74, 6) is 0. The molecule has 20 heavy (non-hydrogen) atoms. The molecule has 0 saturated heterocycles. The average molecular weight is 286 g/mol. The highest BCUT2D eigenvalue weighted by atomic mass is 32.1. The van der Waals surface area contributed by atoms with Crippen molar-refractivity contribution in [2.45, 2.75) is 19.4 Å². The van der Waals surface area contributed by atoms with Crippen molar-refractivity contribution < 1.29 is 0 Å². The maximum absolute atomic E-state index is 6.07. The van der Waals surface area contributed by atoms with E-state index in [1.54, 1.807) is 22.3 Å². The lowest BCUT2D eigenvalue weighted by molar-refractivity contribution is 0.551. The van der Waals surface area contributed by atoms with Gasteiger partial charge in [0.2, 0.25) is 0 Å². The molecular weight excluding hydrogens is 272 g/mol. The van der Waals surface area contributed by atoms with Crippen molar-refractivity contribution >= 4 is 11.3 Å². The van der Waals surface area contributed by atoms with Crippen LogP contribution in [0.25, 0.3) is 16.9 Å². The molecule has 0 unspecified atom stereocenters. The molecule has 2 heterocycles. The Balaban J connectivity index is 1.99. The van der Waals surface area contributed by atoms with Gasteiger partial charge >= 0.3 is 0 Å². The fraction of sp³-hybridized carbons (Fsp3) is 0.231. The van der Waals surface area contributed by atoms with Crippen LogP contribution < -0.4 is 5.73 Å². The van der Waals surface area contributed by atoms with Crippen molar-refractivity contribution in [3.8, 4) is 16.9 Å². The van der Waals surface area contributed by atoms with Crippen LogP contribution in [0.1, 0.15) is 18.9 Å². The van der Waals surface area contributed by atoms with Crippen LogP contribution in [0.4, 0.5) is 0 Å². The molecule has 6 nitrogen and oxygen atoms in total. The first-order valence-corrected chi connectivity index (χ1v) is 7.01. The topological polar surface area (TPSA) is 82.5 Å². The molecule has 0 fully saturated rings. The summed E-state index contributed by atoms with van der Waals surface area (Å²) in [5.41, 5.74) is 8.48. The van der Waals surface area contributed by atoms with Gasteiger partial charge in [0.1, 0.15) is 11.3 Å². The minimum atomic E-state index is -0.420. The SMILES string of the molecule is CC(C)(N)c1nc(-c2cccc(-n3cnnn3)c2)cs1. The van der Waals surface area contributed by atoms with Crippen LogP contribution in [0, 0.1) is 0 Å². The number of thiazole rings is 1. The zero-order valence-corrected chi connectivity index (χ0v) is 12.0. The van der Waals surface area contributed by atoms with Crippen LogP contribution in [0.5, 0.6) is 0 Å². The third-order valence-electron chi connectivity index (χ3n) is 2.81. The lowest BCUT2D eigenvalue weighted by Gasteiger charge is -2.13. The molecule has 0 atom stereocenters. The fourth-order valence-electron chi connectivity index (χ4n) is 1.79. The average Bonchev–Trinajstić information content (AvgIpc) is 3.10. The van der Waals surface area contributed by atoms with Crippen LogP contribution in [0.3, 0.4) is 0 Å². The van der Waals surface area contributed by atoms with Gasteiger partial charge in [-0.05, 0) is 36.4 Å². The van der Waals surface area contributed by atoms with E-state index in [0.29, 0.717) is 0 Å². The Morgan fingerprint density at radius 2 is 2.15 bits per heavy atom. The van der Waals surface area contributed by atoms with E-state index in [2.05, 4.69) is 20.5 Å². The molecule has 102 valence electrons. The molecule has 0 radical (unpaired) electrons. The molecule has 0 spiro atoms. The molecule has 2 aromatic heterocycles. The van der Waals surface area contributed by atoms with E-state index < -0.39 is 5.54 Å². The Morgan fingerprint density at radius 3 is 2.80 bits per heavy atom. The van der Waals surface area contributed by atoms with E-state index in [1.807, 2.05) is 43.5 Å². The van der Waals surface area contributed by atoms with Crippen LogP contribution in [-0.4, -0.2) is 25.2 Å². The molecule has 0 bridgehead atoms. The van der Waals surface area contributed by atoms with Crippen LogP contribution in [0.15, 0.2) is 36.0 Å². The van der Waals surface area contributed by atoms with Crippen molar-refractivity contribution in [2.24, 2.45) is 5.73 Å². The first kappa shape index (κ1) is 12.9.